The van der Waals surface area contributed by atoms with Gasteiger partial charge in [-0.25, -0.2) is 13.1 Å². The van der Waals surface area contributed by atoms with E-state index in [0.717, 1.165) is 0 Å². The second-order valence-electron chi connectivity index (χ2n) is 4.62. The SMILES string of the molecule is O=[N+]([O-])c1ccc(CS(=O)(=O)NC2CC(O)C2)cc1. The van der Waals surface area contributed by atoms with Crippen molar-refractivity contribution in [1.29, 1.82) is 0 Å². The van der Waals surface area contributed by atoms with Crippen molar-refractivity contribution in [2.45, 2.75) is 30.7 Å². The zero-order valence-corrected chi connectivity index (χ0v) is 10.8. The van der Waals surface area contributed by atoms with Gasteiger partial charge in [0.2, 0.25) is 10.0 Å². The van der Waals surface area contributed by atoms with E-state index in [1.807, 2.05) is 0 Å². The average Bonchev–Trinajstić information content (AvgIpc) is 2.26. The van der Waals surface area contributed by atoms with Gasteiger partial charge >= 0.3 is 0 Å². The van der Waals surface area contributed by atoms with Crippen LogP contribution in [-0.4, -0.2) is 30.6 Å². The minimum absolute atomic E-state index is 0.0729. The third-order valence-electron chi connectivity index (χ3n) is 2.96. The Balaban J connectivity index is 1.97. The van der Waals surface area contributed by atoms with Gasteiger partial charge in [0.15, 0.2) is 0 Å². The molecule has 0 saturated heterocycles. The van der Waals surface area contributed by atoms with Crippen LogP contribution in [0, 0.1) is 10.1 Å². The van der Waals surface area contributed by atoms with Crippen molar-refractivity contribution in [1.82, 2.24) is 4.72 Å². The molecule has 0 spiro atoms. The number of non-ortho nitro benzene ring substituents is 1. The second kappa shape index (κ2) is 5.24. The lowest BCUT2D eigenvalue weighted by Gasteiger charge is -2.31. The zero-order chi connectivity index (χ0) is 14.0. The van der Waals surface area contributed by atoms with Crippen molar-refractivity contribution in [3.05, 3.63) is 39.9 Å². The molecule has 0 bridgehead atoms. The van der Waals surface area contributed by atoms with Gasteiger partial charge in [-0.1, -0.05) is 12.1 Å². The lowest BCUT2D eigenvalue weighted by Crippen LogP contribution is -2.46. The molecule has 0 amide bonds. The van der Waals surface area contributed by atoms with Gasteiger partial charge in [0.25, 0.3) is 5.69 Å². The van der Waals surface area contributed by atoms with Gasteiger partial charge in [0, 0.05) is 18.2 Å². The molecule has 0 unspecified atom stereocenters. The molecule has 0 radical (unpaired) electrons. The topological polar surface area (TPSA) is 110 Å². The Morgan fingerprint density at radius 2 is 1.89 bits per heavy atom. The average molecular weight is 286 g/mol. The number of nitro groups is 1. The van der Waals surface area contributed by atoms with Crippen LogP contribution in [0.15, 0.2) is 24.3 Å². The first-order valence-corrected chi connectivity index (χ1v) is 7.42. The van der Waals surface area contributed by atoms with Gasteiger partial charge in [-0.15, -0.1) is 0 Å². The van der Waals surface area contributed by atoms with E-state index in [9.17, 15) is 18.5 Å². The van der Waals surface area contributed by atoms with Gasteiger partial charge in [-0.05, 0) is 18.4 Å². The molecule has 1 aliphatic carbocycles. The van der Waals surface area contributed by atoms with Crippen LogP contribution in [0.1, 0.15) is 18.4 Å². The van der Waals surface area contributed by atoms with E-state index in [1.54, 1.807) is 0 Å². The highest BCUT2D eigenvalue weighted by atomic mass is 32.2. The number of nitro benzene ring substituents is 1. The van der Waals surface area contributed by atoms with Crippen LogP contribution in [0.2, 0.25) is 0 Å². The number of aliphatic hydroxyl groups is 1. The van der Waals surface area contributed by atoms with Crippen molar-refractivity contribution in [2.24, 2.45) is 0 Å². The zero-order valence-electron chi connectivity index (χ0n) is 10.0. The van der Waals surface area contributed by atoms with E-state index in [-0.39, 0.29) is 17.5 Å². The summed E-state index contributed by atoms with van der Waals surface area (Å²) < 4.78 is 26.1. The number of hydrogen-bond donors (Lipinski definition) is 2. The van der Waals surface area contributed by atoms with Crippen LogP contribution in [0.4, 0.5) is 5.69 Å². The molecule has 19 heavy (non-hydrogen) atoms. The first kappa shape index (κ1) is 13.9. The van der Waals surface area contributed by atoms with Crippen molar-refractivity contribution in [3.63, 3.8) is 0 Å². The van der Waals surface area contributed by atoms with Crippen molar-refractivity contribution in [3.8, 4) is 0 Å². The number of nitrogens with zero attached hydrogens (tertiary/aromatic N) is 1. The number of nitrogens with one attached hydrogen (secondary N) is 1. The lowest BCUT2D eigenvalue weighted by atomic mass is 9.91. The maximum atomic E-state index is 11.8. The van der Waals surface area contributed by atoms with Crippen LogP contribution in [0.5, 0.6) is 0 Å². The Bertz CT molecular complexity index is 563. The Kier molecular flexibility index (Phi) is 3.83. The quantitative estimate of drug-likeness (QED) is 0.606. The van der Waals surface area contributed by atoms with E-state index < -0.39 is 21.1 Å². The molecule has 104 valence electrons. The summed E-state index contributed by atoms with van der Waals surface area (Å²) in [5.74, 6) is -0.225. The van der Waals surface area contributed by atoms with Gasteiger partial charge in [-0.2, -0.15) is 0 Å². The molecule has 1 saturated carbocycles. The van der Waals surface area contributed by atoms with Crippen LogP contribution in [0.3, 0.4) is 0 Å². The minimum Gasteiger partial charge on any atom is -0.393 e. The smallest absolute Gasteiger partial charge is 0.269 e. The maximum absolute atomic E-state index is 11.8. The Morgan fingerprint density at radius 3 is 2.37 bits per heavy atom. The fourth-order valence-corrected chi connectivity index (χ4v) is 3.33. The van der Waals surface area contributed by atoms with E-state index in [0.29, 0.717) is 18.4 Å². The van der Waals surface area contributed by atoms with Crippen LogP contribution in [0.25, 0.3) is 0 Å². The highest BCUT2D eigenvalue weighted by Crippen LogP contribution is 2.21. The highest BCUT2D eigenvalue weighted by Gasteiger charge is 2.30. The first-order valence-electron chi connectivity index (χ1n) is 5.77. The summed E-state index contributed by atoms with van der Waals surface area (Å²) in [6.45, 7) is 0. The Labute approximate surface area is 110 Å². The monoisotopic (exact) mass is 286 g/mol. The fourth-order valence-electron chi connectivity index (χ4n) is 1.91. The van der Waals surface area contributed by atoms with Gasteiger partial charge < -0.3 is 5.11 Å². The molecule has 0 aliphatic heterocycles. The molecule has 2 rings (SSSR count). The summed E-state index contributed by atoms with van der Waals surface area (Å²) in [6.07, 6.45) is 0.436. The van der Waals surface area contributed by atoms with Crippen molar-refractivity contribution in [2.75, 3.05) is 0 Å². The predicted octanol–water partition coefficient (Wildman–Crippen LogP) is 0.537. The lowest BCUT2D eigenvalue weighted by molar-refractivity contribution is -0.384. The molecule has 1 aliphatic rings. The fraction of sp³-hybridized carbons (Fsp3) is 0.455. The molecule has 0 atom stereocenters. The van der Waals surface area contributed by atoms with Crippen molar-refractivity contribution < 1.29 is 18.4 Å². The highest BCUT2D eigenvalue weighted by molar-refractivity contribution is 7.88. The minimum atomic E-state index is -3.48. The number of aliphatic hydroxyl groups excluding tert-OH is 1. The third kappa shape index (κ3) is 3.72. The molecule has 1 aromatic rings. The van der Waals surface area contributed by atoms with E-state index in [2.05, 4.69) is 4.72 Å². The van der Waals surface area contributed by atoms with Crippen LogP contribution in [-0.2, 0) is 15.8 Å². The van der Waals surface area contributed by atoms with Gasteiger partial charge in [0.1, 0.15) is 0 Å². The number of rotatable bonds is 5. The molecular weight excluding hydrogens is 272 g/mol. The Hall–Kier alpha value is -1.51. The summed E-state index contributed by atoms with van der Waals surface area (Å²) >= 11 is 0. The summed E-state index contributed by atoms with van der Waals surface area (Å²) in [6, 6.07) is 5.19. The molecule has 2 N–H and O–H groups in total. The molecule has 8 heteroatoms. The van der Waals surface area contributed by atoms with E-state index >= 15 is 0 Å². The Morgan fingerprint density at radius 1 is 1.32 bits per heavy atom. The number of benzene rings is 1. The van der Waals surface area contributed by atoms with Gasteiger partial charge in [0.05, 0.1) is 16.8 Å². The standard InChI is InChI=1S/C11H14N2O5S/c14-11-5-9(6-11)12-19(17,18)7-8-1-3-10(4-2-8)13(15)16/h1-4,9,11-12,14H,5-7H2. The van der Waals surface area contributed by atoms with E-state index in [4.69, 9.17) is 5.11 Å². The number of hydrogen-bond acceptors (Lipinski definition) is 5. The predicted molar refractivity (Wildman–Crippen MR) is 67.9 cm³/mol. The molecule has 0 heterocycles. The summed E-state index contributed by atoms with van der Waals surface area (Å²) in [5, 5.41) is 19.6. The molecule has 1 aromatic carbocycles. The summed E-state index contributed by atoms with van der Waals surface area (Å²) in [4.78, 5) is 9.94. The third-order valence-corrected chi connectivity index (χ3v) is 4.37. The van der Waals surface area contributed by atoms with Gasteiger partial charge in [-0.3, -0.25) is 10.1 Å². The molecule has 0 aromatic heterocycles. The maximum Gasteiger partial charge on any atom is 0.269 e. The summed E-state index contributed by atoms with van der Waals surface area (Å²) in [5.41, 5.74) is 0.411. The molecular formula is C11H14N2O5S. The molecule has 1 fully saturated rings. The van der Waals surface area contributed by atoms with Crippen LogP contribution < -0.4 is 4.72 Å². The van der Waals surface area contributed by atoms with E-state index in [1.165, 1.54) is 24.3 Å². The largest absolute Gasteiger partial charge is 0.393 e. The molecule has 7 nitrogen and oxygen atoms in total. The number of sulfonamides is 1. The van der Waals surface area contributed by atoms with Crippen molar-refractivity contribution >= 4 is 15.7 Å². The summed E-state index contributed by atoms with van der Waals surface area (Å²) in [7, 11) is -3.48. The normalized spacial score (nSPS) is 22.8. The van der Waals surface area contributed by atoms with Crippen LogP contribution >= 0.6 is 0 Å². The first-order chi connectivity index (χ1) is 8.85. The second-order valence-corrected chi connectivity index (χ2v) is 6.38.